The zero-order valence-corrected chi connectivity index (χ0v) is 21.4. The SMILES string of the molecule is CC.CC.CC.CCc1ccnc(C)c1.O=C(NCc1ccccc1)c1ccccc1.[B]. The van der Waals surface area contributed by atoms with Gasteiger partial charge in [-0.15, -0.1) is 0 Å². The monoisotopic (exact) mass is 433 g/mol. The van der Waals surface area contributed by atoms with Crippen molar-refractivity contribution in [3.05, 3.63) is 101 Å². The van der Waals surface area contributed by atoms with Gasteiger partial charge in [0.15, 0.2) is 0 Å². The molecule has 3 nitrogen and oxygen atoms in total. The summed E-state index contributed by atoms with van der Waals surface area (Å²) in [6.45, 7) is 16.7. The Bertz CT molecular complexity index is 778. The van der Waals surface area contributed by atoms with Crippen molar-refractivity contribution in [3.8, 4) is 0 Å². The van der Waals surface area contributed by atoms with Gasteiger partial charge >= 0.3 is 0 Å². The van der Waals surface area contributed by atoms with Crippen LogP contribution in [0.15, 0.2) is 79.0 Å². The fraction of sp³-hybridized carbons (Fsp3) is 0.357. The number of aryl methyl sites for hydroxylation is 2. The molecule has 0 unspecified atom stereocenters. The van der Waals surface area contributed by atoms with Gasteiger partial charge in [-0.3, -0.25) is 9.78 Å². The Labute approximate surface area is 199 Å². The molecular weight excluding hydrogens is 391 g/mol. The maximum atomic E-state index is 11.7. The summed E-state index contributed by atoms with van der Waals surface area (Å²) in [6.07, 6.45) is 2.96. The zero-order chi connectivity index (χ0) is 23.9. The highest BCUT2D eigenvalue weighted by Crippen LogP contribution is 2.01. The molecule has 1 aromatic heterocycles. The fourth-order valence-electron chi connectivity index (χ4n) is 2.29. The maximum Gasteiger partial charge on any atom is 0.251 e. The number of amides is 1. The number of rotatable bonds is 4. The van der Waals surface area contributed by atoms with E-state index in [-0.39, 0.29) is 14.3 Å². The average Bonchev–Trinajstić information content (AvgIpc) is 2.88. The van der Waals surface area contributed by atoms with E-state index in [1.165, 1.54) is 5.56 Å². The highest BCUT2D eigenvalue weighted by Gasteiger charge is 2.02. The molecule has 3 radical (unpaired) electrons. The number of nitrogens with one attached hydrogen (secondary N) is 1. The lowest BCUT2D eigenvalue weighted by Crippen LogP contribution is -2.22. The van der Waals surface area contributed by atoms with Gasteiger partial charge in [0.25, 0.3) is 5.91 Å². The van der Waals surface area contributed by atoms with Crippen LogP contribution in [0.5, 0.6) is 0 Å². The number of nitrogens with zero attached hydrogens (tertiary/aromatic N) is 1. The summed E-state index contributed by atoms with van der Waals surface area (Å²) in [4.78, 5) is 15.8. The van der Waals surface area contributed by atoms with Crippen LogP contribution in [0.25, 0.3) is 0 Å². The van der Waals surface area contributed by atoms with Crippen molar-refractivity contribution < 1.29 is 4.79 Å². The number of carbonyl (C=O) groups is 1. The van der Waals surface area contributed by atoms with Gasteiger partial charge in [-0.05, 0) is 48.7 Å². The van der Waals surface area contributed by atoms with Crippen molar-refractivity contribution in [2.24, 2.45) is 0 Å². The first-order chi connectivity index (χ1) is 15.2. The molecule has 0 spiro atoms. The van der Waals surface area contributed by atoms with Gasteiger partial charge in [0.2, 0.25) is 0 Å². The molecule has 4 heteroatoms. The van der Waals surface area contributed by atoms with Crippen molar-refractivity contribution in [1.29, 1.82) is 0 Å². The third-order valence-corrected chi connectivity index (χ3v) is 3.70. The second-order valence-corrected chi connectivity index (χ2v) is 5.69. The lowest BCUT2D eigenvalue weighted by atomic mass is 10.2. The normalized spacial score (nSPS) is 8.12. The van der Waals surface area contributed by atoms with Crippen LogP contribution in [0.4, 0.5) is 0 Å². The van der Waals surface area contributed by atoms with Gasteiger partial charge in [-0.2, -0.15) is 0 Å². The molecule has 32 heavy (non-hydrogen) atoms. The number of hydrogen-bond acceptors (Lipinski definition) is 2. The van der Waals surface area contributed by atoms with E-state index in [2.05, 4.69) is 23.3 Å². The molecule has 2 aromatic carbocycles. The fourth-order valence-corrected chi connectivity index (χ4v) is 2.29. The average molecular weight is 433 g/mol. The second-order valence-electron chi connectivity index (χ2n) is 5.69. The molecular formula is C28H42BN2O. The van der Waals surface area contributed by atoms with Crippen LogP contribution < -0.4 is 5.32 Å². The Morgan fingerprint density at radius 2 is 1.28 bits per heavy atom. The van der Waals surface area contributed by atoms with Crippen molar-refractivity contribution in [2.75, 3.05) is 0 Å². The van der Waals surface area contributed by atoms with Gasteiger partial charge in [0.1, 0.15) is 0 Å². The number of hydrogen-bond donors (Lipinski definition) is 1. The van der Waals surface area contributed by atoms with Crippen LogP contribution in [0.1, 0.15) is 75.6 Å². The van der Waals surface area contributed by atoms with Crippen molar-refractivity contribution in [3.63, 3.8) is 0 Å². The lowest BCUT2D eigenvalue weighted by Gasteiger charge is -2.04. The number of carbonyl (C=O) groups excluding carboxylic acids is 1. The van der Waals surface area contributed by atoms with Crippen molar-refractivity contribution in [2.45, 2.75) is 68.4 Å². The molecule has 0 fully saturated rings. The van der Waals surface area contributed by atoms with Gasteiger partial charge in [-0.25, -0.2) is 0 Å². The Morgan fingerprint density at radius 3 is 1.72 bits per heavy atom. The molecule has 1 N–H and O–H groups in total. The molecule has 1 amide bonds. The molecule has 0 saturated heterocycles. The van der Waals surface area contributed by atoms with Crippen molar-refractivity contribution in [1.82, 2.24) is 10.3 Å². The molecule has 173 valence electrons. The Morgan fingerprint density at radius 1 is 0.781 bits per heavy atom. The van der Waals surface area contributed by atoms with Crippen LogP contribution in [0.2, 0.25) is 0 Å². The van der Waals surface area contributed by atoms with Gasteiger partial charge < -0.3 is 5.32 Å². The second kappa shape index (κ2) is 24.4. The van der Waals surface area contributed by atoms with Crippen LogP contribution in [0.3, 0.4) is 0 Å². The molecule has 3 rings (SSSR count). The summed E-state index contributed by atoms with van der Waals surface area (Å²) in [6, 6.07) is 23.3. The van der Waals surface area contributed by atoms with E-state index in [9.17, 15) is 4.79 Å². The molecule has 0 aliphatic carbocycles. The molecule has 0 bridgehead atoms. The van der Waals surface area contributed by atoms with Gasteiger partial charge in [0.05, 0.1) is 0 Å². The first-order valence-electron chi connectivity index (χ1n) is 11.5. The van der Waals surface area contributed by atoms with Crippen LogP contribution in [-0.2, 0) is 13.0 Å². The molecule has 0 aliphatic rings. The molecule has 0 aliphatic heterocycles. The van der Waals surface area contributed by atoms with Gasteiger partial charge in [0, 0.05) is 32.4 Å². The minimum absolute atomic E-state index is 0. The van der Waals surface area contributed by atoms with E-state index >= 15 is 0 Å². The van der Waals surface area contributed by atoms with E-state index in [4.69, 9.17) is 0 Å². The smallest absolute Gasteiger partial charge is 0.251 e. The van der Waals surface area contributed by atoms with Crippen LogP contribution >= 0.6 is 0 Å². The molecule has 0 atom stereocenters. The number of aromatic nitrogens is 1. The molecule has 1 heterocycles. The van der Waals surface area contributed by atoms with Crippen LogP contribution in [-0.4, -0.2) is 19.3 Å². The van der Waals surface area contributed by atoms with E-state index in [0.29, 0.717) is 12.1 Å². The topological polar surface area (TPSA) is 42.0 Å². The van der Waals surface area contributed by atoms with E-state index in [1.807, 2.05) is 109 Å². The minimum Gasteiger partial charge on any atom is -0.348 e. The summed E-state index contributed by atoms with van der Waals surface area (Å²) in [5, 5.41) is 2.88. The van der Waals surface area contributed by atoms with Gasteiger partial charge in [-0.1, -0.05) is 97.0 Å². The maximum absolute atomic E-state index is 11.7. The van der Waals surface area contributed by atoms with Crippen LogP contribution in [0, 0.1) is 6.92 Å². The summed E-state index contributed by atoms with van der Waals surface area (Å²) in [5.41, 5.74) is 4.27. The third-order valence-electron chi connectivity index (χ3n) is 3.70. The zero-order valence-electron chi connectivity index (χ0n) is 21.4. The first-order valence-corrected chi connectivity index (χ1v) is 11.5. The summed E-state index contributed by atoms with van der Waals surface area (Å²) in [7, 11) is 0. The largest absolute Gasteiger partial charge is 0.348 e. The highest BCUT2D eigenvalue weighted by atomic mass is 16.1. The Hall–Kier alpha value is -2.88. The first kappa shape index (κ1) is 33.8. The number of benzene rings is 2. The predicted molar refractivity (Wildman–Crippen MR) is 142 cm³/mol. The van der Waals surface area contributed by atoms with E-state index in [0.717, 1.165) is 17.7 Å². The van der Waals surface area contributed by atoms with E-state index < -0.39 is 0 Å². The minimum atomic E-state index is -0.0375. The molecule has 0 saturated carbocycles. The molecule has 3 aromatic rings. The summed E-state index contributed by atoms with van der Waals surface area (Å²) in [5.74, 6) is -0.0375. The Kier molecular flexibility index (Phi) is 25.7. The number of pyridine rings is 1. The standard InChI is InChI=1S/C14H13NO.C8H11N.3C2H6.B/c16-14(13-9-5-2-6-10-13)15-11-12-7-3-1-4-8-12;1-3-8-4-5-9-7(2)6-8;3*1-2;/h1-10H,11H2,(H,15,16);4-6H,3H2,1-2H3;3*1-2H3;. The summed E-state index contributed by atoms with van der Waals surface area (Å²) >= 11 is 0. The predicted octanol–water partition coefficient (Wildman–Crippen LogP) is 7.27. The lowest BCUT2D eigenvalue weighted by molar-refractivity contribution is 0.0951. The highest BCUT2D eigenvalue weighted by molar-refractivity contribution is 5.94. The Balaban J connectivity index is -0.000000451. The van der Waals surface area contributed by atoms with E-state index in [1.54, 1.807) is 12.1 Å². The third kappa shape index (κ3) is 15.9. The summed E-state index contributed by atoms with van der Waals surface area (Å²) < 4.78 is 0. The van der Waals surface area contributed by atoms with Crippen molar-refractivity contribution >= 4 is 14.3 Å². The quantitative estimate of drug-likeness (QED) is 0.440.